The van der Waals surface area contributed by atoms with Crippen molar-refractivity contribution >= 4 is 38.5 Å². The van der Waals surface area contributed by atoms with Crippen LogP contribution in [0.4, 0.5) is 0 Å². The van der Waals surface area contributed by atoms with E-state index < -0.39 is 0 Å². The fourth-order valence-electron chi connectivity index (χ4n) is 1.83. The van der Waals surface area contributed by atoms with Gasteiger partial charge in [0.2, 0.25) is 0 Å². The maximum atomic E-state index is 5.12. The van der Waals surface area contributed by atoms with E-state index in [4.69, 9.17) is 4.74 Å². The van der Waals surface area contributed by atoms with E-state index in [1.165, 1.54) is 9.13 Å². The zero-order valence-electron chi connectivity index (χ0n) is 10.3. The van der Waals surface area contributed by atoms with Gasteiger partial charge in [0.15, 0.2) is 0 Å². The van der Waals surface area contributed by atoms with Crippen molar-refractivity contribution in [2.45, 2.75) is 25.8 Å². The first-order chi connectivity index (χ1) is 8.19. The predicted octanol–water partition coefficient (Wildman–Crippen LogP) is 4.13. The first-order valence-electron chi connectivity index (χ1n) is 5.86. The van der Waals surface area contributed by atoms with Crippen LogP contribution in [0.3, 0.4) is 0 Å². The highest BCUT2D eigenvalue weighted by Crippen LogP contribution is 2.27. The topological polar surface area (TPSA) is 21.3 Å². The third-order valence-corrected chi connectivity index (χ3v) is 4.10. The number of rotatable bonds is 7. The molecule has 1 rings (SSSR count). The minimum absolute atomic E-state index is 0.416. The Hall–Kier alpha value is 0.350. The zero-order chi connectivity index (χ0) is 12.7. The Morgan fingerprint density at radius 1 is 1.47 bits per heavy atom. The van der Waals surface area contributed by atoms with Crippen LogP contribution in [0.15, 0.2) is 22.7 Å². The van der Waals surface area contributed by atoms with E-state index >= 15 is 0 Å². The number of hydrogen-bond acceptors (Lipinski definition) is 2. The van der Waals surface area contributed by atoms with Gasteiger partial charge >= 0.3 is 0 Å². The number of methoxy groups -OCH3 is 1. The van der Waals surface area contributed by atoms with Crippen LogP contribution < -0.4 is 5.32 Å². The van der Waals surface area contributed by atoms with Gasteiger partial charge in [-0.3, -0.25) is 0 Å². The van der Waals surface area contributed by atoms with Crippen molar-refractivity contribution in [1.29, 1.82) is 0 Å². The molecule has 0 saturated heterocycles. The number of halogens is 2. The quantitative estimate of drug-likeness (QED) is 0.538. The first-order valence-corrected chi connectivity index (χ1v) is 7.73. The lowest BCUT2D eigenvalue weighted by atomic mass is 10.0. The van der Waals surface area contributed by atoms with Gasteiger partial charge in [-0.05, 0) is 65.7 Å². The number of nitrogens with one attached hydrogen (secondary N) is 1. The van der Waals surface area contributed by atoms with E-state index in [0.29, 0.717) is 6.04 Å². The Bertz CT molecular complexity index is 346. The third-order valence-electron chi connectivity index (χ3n) is 2.63. The molecule has 1 aromatic carbocycles. The van der Waals surface area contributed by atoms with E-state index in [1.807, 2.05) is 0 Å². The van der Waals surface area contributed by atoms with Gasteiger partial charge in [0.05, 0.1) is 0 Å². The molecule has 17 heavy (non-hydrogen) atoms. The van der Waals surface area contributed by atoms with Crippen LogP contribution in [0.1, 0.15) is 31.4 Å². The second kappa shape index (κ2) is 8.45. The molecule has 0 aromatic heterocycles. The van der Waals surface area contributed by atoms with Crippen LogP contribution in [0.2, 0.25) is 0 Å². The molecule has 1 unspecified atom stereocenters. The number of hydrogen-bond donors (Lipinski definition) is 1. The third kappa shape index (κ3) is 5.24. The van der Waals surface area contributed by atoms with Gasteiger partial charge < -0.3 is 10.1 Å². The minimum Gasteiger partial charge on any atom is -0.385 e. The molecule has 0 amide bonds. The Kier molecular flexibility index (Phi) is 7.66. The summed E-state index contributed by atoms with van der Waals surface area (Å²) in [5, 5.41) is 3.54. The zero-order valence-corrected chi connectivity index (χ0v) is 14.0. The maximum absolute atomic E-state index is 5.12. The number of ether oxygens (including phenoxy) is 1. The smallest absolute Gasteiger partial charge is 0.0462 e. The molecule has 1 N–H and O–H groups in total. The van der Waals surface area contributed by atoms with Crippen molar-refractivity contribution in [1.82, 2.24) is 5.32 Å². The molecule has 0 radical (unpaired) electrons. The van der Waals surface area contributed by atoms with Crippen LogP contribution in [0.25, 0.3) is 0 Å². The van der Waals surface area contributed by atoms with Gasteiger partial charge in [-0.2, -0.15) is 0 Å². The van der Waals surface area contributed by atoms with Crippen molar-refractivity contribution in [3.63, 3.8) is 0 Å². The molecular formula is C13H19BrINO. The van der Waals surface area contributed by atoms with Crippen molar-refractivity contribution in [2.24, 2.45) is 0 Å². The number of benzene rings is 1. The average molecular weight is 412 g/mol. The largest absolute Gasteiger partial charge is 0.385 e. The van der Waals surface area contributed by atoms with Gasteiger partial charge in [0, 0.05) is 27.8 Å². The summed E-state index contributed by atoms with van der Waals surface area (Å²) in [5.41, 5.74) is 1.37. The Balaban J connectivity index is 2.77. The molecule has 0 spiro atoms. The van der Waals surface area contributed by atoms with Crippen molar-refractivity contribution in [2.75, 3.05) is 20.3 Å². The van der Waals surface area contributed by atoms with Gasteiger partial charge in [-0.15, -0.1) is 0 Å². The van der Waals surface area contributed by atoms with E-state index in [-0.39, 0.29) is 0 Å². The second-order valence-corrected chi connectivity index (χ2v) is 5.99. The lowest BCUT2D eigenvalue weighted by Gasteiger charge is -2.20. The van der Waals surface area contributed by atoms with Gasteiger partial charge in [-0.25, -0.2) is 0 Å². The molecule has 0 bridgehead atoms. The summed E-state index contributed by atoms with van der Waals surface area (Å²) < 4.78 is 7.58. The van der Waals surface area contributed by atoms with Gasteiger partial charge in [0.1, 0.15) is 0 Å². The molecule has 0 heterocycles. The lowest BCUT2D eigenvalue weighted by molar-refractivity contribution is 0.189. The SMILES string of the molecule is CCNC(CCCOC)c1cc(Br)ccc1I. The lowest BCUT2D eigenvalue weighted by Crippen LogP contribution is -2.22. The molecule has 0 aliphatic heterocycles. The summed E-state index contributed by atoms with van der Waals surface area (Å²) in [6.07, 6.45) is 2.19. The van der Waals surface area contributed by atoms with E-state index in [1.54, 1.807) is 7.11 Å². The summed E-state index contributed by atoms with van der Waals surface area (Å²) in [5.74, 6) is 0. The van der Waals surface area contributed by atoms with Gasteiger partial charge in [0.25, 0.3) is 0 Å². The molecule has 0 saturated carbocycles. The fourth-order valence-corrected chi connectivity index (χ4v) is 2.92. The van der Waals surface area contributed by atoms with Crippen molar-refractivity contribution in [3.8, 4) is 0 Å². The Morgan fingerprint density at radius 3 is 2.88 bits per heavy atom. The molecule has 0 fully saturated rings. The van der Waals surface area contributed by atoms with E-state index in [0.717, 1.165) is 30.5 Å². The summed E-state index contributed by atoms with van der Waals surface area (Å²) in [6, 6.07) is 6.87. The molecule has 96 valence electrons. The summed E-state index contributed by atoms with van der Waals surface area (Å²) in [4.78, 5) is 0. The predicted molar refractivity (Wildman–Crippen MR) is 84.4 cm³/mol. The van der Waals surface area contributed by atoms with Crippen LogP contribution in [-0.2, 0) is 4.74 Å². The van der Waals surface area contributed by atoms with Crippen molar-refractivity contribution < 1.29 is 4.74 Å². The summed E-state index contributed by atoms with van der Waals surface area (Å²) in [7, 11) is 1.76. The second-order valence-electron chi connectivity index (χ2n) is 3.91. The average Bonchev–Trinajstić information content (AvgIpc) is 2.32. The Labute approximate surface area is 126 Å². The highest BCUT2D eigenvalue weighted by molar-refractivity contribution is 14.1. The molecular weight excluding hydrogens is 393 g/mol. The standard InChI is InChI=1S/C13H19BrINO/c1-3-16-13(5-4-8-17-2)11-9-10(14)6-7-12(11)15/h6-7,9,13,16H,3-5,8H2,1-2H3. The molecule has 0 aliphatic rings. The highest BCUT2D eigenvalue weighted by atomic mass is 127. The molecule has 4 heteroatoms. The molecule has 1 atom stereocenters. The van der Waals surface area contributed by atoms with Gasteiger partial charge in [-0.1, -0.05) is 22.9 Å². The van der Waals surface area contributed by atoms with Crippen LogP contribution in [-0.4, -0.2) is 20.3 Å². The molecule has 0 aliphatic carbocycles. The first kappa shape index (κ1) is 15.4. The highest BCUT2D eigenvalue weighted by Gasteiger charge is 2.13. The fraction of sp³-hybridized carbons (Fsp3) is 0.538. The Morgan fingerprint density at radius 2 is 2.24 bits per heavy atom. The van der Waals surface area contributed by atoms with E-state index in [2.05, 4.69) is 69.0 Å². The molecule has 2 nitrogen and oxygen atoms in total. The van der Waals surface area contributed by atoms with E-state index in [9.17, 15) is 0 Å². The van der Waals surface area contributed by atoms with Crippen LogP contribution in [0, 0.1) is 3.57 Å². The molecule has 1 aromatic rings. The summed E-state index contributed by atoms with van der Waals surface area (Å²) >= 11 is 5.94. The summed E-state index contributed by atoms with van der Waals surface area (Å²) in [6.45, 7) is 3.96. The van der Waals surface area contributed by atoms with Crippen LogP contribution in [0.5, 0.6) is 0 Å². The minimum atomic E-state index is 0.416. The van der Waals surface area contributed by atoms with Crippen molar-refractivity contribution in [3.05, 3.63) is 31.8 Å². The normalized spacial score (nSPS) is 12.7. The monoisotopic (exact) mass is 411 g/mol. The van der Waals surface area contributed by atoms with Crippen LogP contribution >= 0.6 is 38.5 Å². The maximum Gasteiger partial charge on any atom is 0.0462 e.